The minimum absolute atomic E-state index is 0.0329. The van der Waals surface area contributed by atoms with Gasteiger partial charge < -0.3 is 15.5 Å². The van der Waals surface area contributed by atoms with E-state index in [0.29, 0.717) is 12.8 Å². The summed E-state index contributed by atoms with van der Waals surface area (Å²) in [4.78, 5) is 12.3. The molecule has 0 saturated heterocycles. The van der Waals surface area contributed by atoms with E-state index < -0.39 is 12.1 Å². The molecule has 0 aromatic rings. The van der Waals surface area contributed by atoms with Crippen LogP contribution in [0.25, 0.3) is 0 Å². The van der Waals surface area contributed by atoms with Gasteiger partial charge in [-0.05, 0) is 38.5 Å². The van der Waals surface area contributed by atoms with Gasteiger partial charge in [-0.15, -0.1) is 0 Å². The number of hydrogen-bond donors (Lipinski definition) is 3. The van der Waals surface area contributed by atoms with Gasteiger partial charge in [0.05, 0.1) is 18.8 Å². The van der Waals surface area contributed by atoms with Crippen molar-refractivity contribution in [3.63, 3.8) is 0 Å². The zero-order valence-corrected chi connectivity index (χ0v) is 29.9. The third-order valence-corrected chi connectivity index (χ3v) is 9.28. The largest absolute Gasteiger partial charge is 0.394 e. The predicted octanol–water partition coefficient (Wildman–Crippen LogP) is 11.9. The average Bonchev–Trinajstić information content (AvgIpc) is 3.03. The molecule has 4 heteroatoms. The molecule has 0 rings (SSSR count). The molecule has 0 aromatic carbocycles. The maximum Gasteiger partial charge on any atom is 0.220 e. The first-order chi connectivity index (χ1) is 21.7. The number of nitrogens with one attached hydrogen (secondary N) is 1. The summed E-state index contributed by atoms with van der Waals surface area (Å²) in [6.45, 7) is 4.35. The fraction of sp³-hybridized carbons (Fsp3) is 0.925. The van der Waals surface area contributed by atoms with Crippen LogP contribution in [-0.2, 0) is 4.79 Å². The van der Waals surface area contributed by atoms with Gasteiger partial charge in [0, 0.05) is 6.42 Å². The maximum absolute atomic E-state index is 12.3. The molecule has 0 aliphatic carbocycles. The van der Waals surface area contributed by atoms with E-state index in [4.69, 9.17) is 0 Å². The van der Waals surface area contributed by atoms with Gasteiger partial charge >= 0.3 is 0 Å². The van der Waals surface area contributed by atoms with E-state index in [2.05, 4.69) is 31.3 Å². The SMILES string of the molecule is CCCCCCCC/C=C\CCCCCCCCCCCC(=O)NC(CO)C(O)CCCCCCCCCCCCCCC. The smallest absolute Gasteiger partial charge is 0.220 e. The number of rotatable bonds is 36. The van der Waals surface area contributed by atoms with E-state index in [9.17, 15) is 15.0 Å². The highest BCUT2D eigenvalue weighted by atomic mass is 16.3. The second-order valence-corrected chi connectivity index (χ2v) is 13.7. The first-order valence-corrected chi connectivity index (χ1v) is 19.9. The fourth-order valence-electron chi connectivity index (χ4n) is 6.18. The van der Waals surface area contributed by atoms with Crippen molar-refractivity contribution in [3.8, 4) is 0 Å². The Morgan fingerprint density at radius 3 is 1.25 bits per heavy atom. The van der Waals surface area contributed by atoms with Crippen LogP contribution in [0.3, 0.4) is 0 Å². The molecule has 0 aliphatic heterocycles. The molecular weight excluding hydrogens is 542 g/mol. The molecule has 0 heterocycles. The van der Waals surface area contributed by atoms with Crippen LogP contribution in [-0.4, -0.2) is 34.9 Å². The Morgan fingerprint density at radius 1 is 0.523 bits per heavy atom. The van der Waals surface area contributed by atoms with Crippen molar-refractivity contribution in [2.75, 3.05) is 6.61 Å². The number of aliphatic hydroxyl groups excluding tert-OH is 2. The van der Waals surface area contributed by atoms with Crippen LogP contribution < -0.4 is 5.32 Å². The highest BCUT2D eigenvalue weighted by Gasteiger charge is 2.19. The lowest BCUT2D eigenvalue weighted by atomic mass is 10.0. The van der Waals surface area contributed by atoms with Gasteiger partial charge in [-0.2, -0.15) is 0 Å². The number of carbonyl (C=O) groups excluding carboxylic acids is 1. The van der Waals surface area contributed by atoms with Crippen molar-refractivity contribution in [2.45, 2.75) is 231 Å². The van der Waals surface area contributed by atoms with E-state index in [1.54, 1.807) is 0 Å². The van der Waals surface area contributed by atoms with Gasteiger partial charge in [-0.1, -0.05) is 187 Å². The van der Waals surface area contributed by atoms with Gasteiger partial charge in [0.2, 0.25) is 5.91 Å². The molecule has 2 unspecified atom stereocenters. The number of allylic oxidation sites excluding steroid dienone is 2. The zero-order valence-electron chi connectivity index (χ0n) is 29.9. The number of aliphatic hydroxyl groups is 2. The molecule has 0 spiro atoms. The van der Waals surface area contributed by atoms with Crippen molar-refractivity contribution in [1.82, 2.24) is 5.32 Å². The molecule has 0 aliphatic rings. The summed E-state index contributed by atoms with van der Waals surface area (Å²) in [5.41, 5.74) is 0. The summed E-state index contributed by atoms with van der Waals surface area (Å²) >= 11 is 0. The molecule has 262 valence electrons. The van der Waals surface area contributed by atoms with Gasteiger partial charge in [0.1, 0.15) is 0 Å². The van der Waals surface area contributed by atoms with Crippen LogP contribution in [0.4, 0.5) is 0 Å². The third-order valence-electron chi connectivity index (χ3n) is 9.28. The number of carbonyl (C=O) groups is 1. The Morgan fingerprint density at radius 2 is 0.864 bits per heavy atom. The lowest BCUT2D eigenvalue weighted by molar-refractivity contribution is -0.123. The Bertz CT molecular complexity index is 593. The van der Waals surface area contributed by atoms with E-state index in [-0.39, 0.29) is 12.5 Å². The first kappa shape index (κ1) is 43.1. The highest BCUT2D eigenvalue weighted by molar-refractivity contribution is 5.76. The molecule has 0 radical (unpaired) electrons. The van der Waals surface area contributed by atoms with Gasteiger partial charge in [-0.25, -0.2) is 0 Å². The summed E-state index contributed by atoms with van der Waals surface area (Å²) in [6.07, 6.45) is 44.1. The minimum Gasteiger partial charge on any atom is -0.394 e. The number of unbranched alkanes of at least 4 members (excludes halogenated alkanes) is 27. The molecule has 2 atom stereocenters. The fourth-order valence-corrected chi connectivity index (χ4v) is 6.18. The topological polar surface area (TPSA) is 69.6 Å². The Balaban J connectivity index is 3.52. The van der Waals surface area contributed by atoms with E-state index in [0.717, 1.165) is 25.7 Å². The maximum atomic E-state index is 12.3. The van der Waals surface area contributed by atoms with Crippen LogP contribution in [0.5, 0.6) is 0 Å². The van der Waals surface area contributed by atoms with Gasteiger partial charge in [-0.3, -0.25) is 4.79 Å². The summed E-state index contributed by atoms with van der Waals surface area (Å²) < 4.78 is 0. The van der Waals surface area contributed by atoms with Crippen LogP contribution in [0.2, 0.25) is 0 Å². The van der Waals surface area contributed by atoms with Crippen molar-refractivity contribution in [2.24, 2.45) is 0 Å². The zero-order chi connectivity index (χ0) is 32.2. The van der Waals surface area contributed by atoms with Crippen molar-refractivity contribution >= 4 is 5.91 Å². The van der Waals surface area contributed by atoms with Crippen LogP contribution in [0.1, 0.15) is 219 Å². The number of hydrogen-bond acceptors (Lipinski definition) is 3. The average molecular weight is 622 g/mol. The third kappa shape index (κ3) is 32.5. The van der Waals surface area contributed by atoms with Gasteiger partial charge in [0.25, 0.3) is 0 Å². The molecule has 44 heavy (non-hydrogen) atoms. The van der Waals surface area contributed by atoms with Crippen molar-refractivity contribution in [3.05, 3.63) is 12.2 Å². The molecule has 4 nitrogen and oxygen atoms in total. The molecule has 0 saturated carbocycles. The molecular formula is C40H79NO3. The van der Waals surface area contributed by atoms with Gasteiger partial charge in [0.15, 0.2) is 0 Å². The molecule has 1 amide bonds. The summed E-state index contributed by atoms with van der Waals surface area (Å²) in [5.74, 6) is -0.0329. The van der Waals surface area contributed by atoms with Crippen LogP contribution in [0, 0.1) is 0 Å². The lowest BCUT2D eigenvalue weighted by Crippen LogP contribution is -2.45. The monoisotopic (exact) mass is 622 g/mol. The lowest BCUT2D eigenvalue weighted by Gasteiger charge is -2.22. The van der Waals surface area contributed by atoms with Crippen molar-refractivity contribution in [1.29, 1.82) is 0 Å². The summed E-state index contributed by atoms with van der Waals surface area (Å²) in [6, 6.07) is -0.532. The predicted molar refractivity (Wildman–Crippen MR) is 193 cm³/mol. The molecule has 0 aromatic heterocycles. The van der Waals surface area contributed by atoms with Crippen LogP contribution in [0.15, 0.2) is 12.2 Å². The second-order valence-electron chi connectivity index (χ2n) is 13.7. The van der Waals surface area contributed by atoms with E-state index in [1.165, 1.54) is 167 Å². The Hall–Kier alpha value is -0.870. The quantitative estimate of drug-likeness (QED) is 0.0481. The molecule has 0 fully saturated rings. The normalized spacial score (nSPS) is 13.1. The standard InChI is InChI=1S/C40H79NO3/c1-3-5-7-9-11-13-15-17-18-19-20-21-22-24-26-28-30-32-34-36-40(44)41-38(37-42)39(43)35-33-31-29-27-25-23-16-14-12-10-8-6-4-2/h17-18,38-39,42-43H,3-16,19-37H2,1-2H3,(H,41,44)/b18-17-. The first-order valence-electron chi connectivity index (χ1n) is 19.9. The Labute approximate surface area is 276 Å². The molecule has 3 N–H and O–H groups in total. The Kier molecular flexibility index (Phi) is 35.9. The summed E-state index contributed by atoms with van der Waals surface area (Å²) in [7, 11) is 0. The van der Waals surface area contributed by atoms with E-state index >= 15 is 0 Å². The second kappa shape index (κ2) is 36.6. The minimum atomic E-state index is -0.655. The highest BCUT2D eigenvalue weighted by Crippen LogP contribution is 2.15. The van der Waals surface area contributed by atoms with E-state index in [1.807, 2.05) is 0 Å². The molecule has 0 bridgehead atoms. The summed E-state index contributed by atoms with van der Waals surface area (Å²) in [5, 5.41) is 23.1. The number of amides is 1. The van der Waals surface area contributed by atoms with Crippen molar-refractivity contribution < 1.29 is 15.0 Å². The van der Waals surface area contributed by atoms with Crippen LogP contribution >= 0.6 is 0 Å².